The fourth-order valence-corrected chi connectivity index (χ4v) is 2.47. The molecule has 106 valence electrons. The fourth-order valence-electron chi connectivity index (χ4n) is 1.68. The van der Waals surface area contributed by atoms with E-state index in [9.17, 15) is 4.79 Å². The molecule has 0 bridgehead atoms. The highest BCUT2D eigenvalue weighted by Gasteiger charge is 2.03. The van der Waals surface area contributed by atoms with Crippen molar-refractivity contribution in [3.63, 3.8) is 0 Å². The van der Waals surface area contributed by atoms with Crippen molar-refractivity contribution in [1.29, 1.82) is 0 Å². The second-order valence-corrected chi connectivity index (χ2v) is 5.87. The first kappa shape index (κ1) is 14.5. The molecule has 4 nitrogen and oxygen atoms in total. The molecule has 0 spiro atoms. The molecule has 2 aromatic rings. The molecule has 1 aromatic carbocycles. The number of aromatic nitrogens is 1. The van der Waals surface area contributed by atoms with E-state index >= 15 is 0 Å². The molecule has 0 saturated carbocycles. The zero-order valence-corrected chi connectivity index (χ0v) is 12.5. The molecule has 0 aliphatic heterocycles. The Kier molecular flexibility index (Phi) is 5.12. The number of amides is 1. The lowest BCUT2D eigenvalue weighted by molar-refractivity contribution is -0.123. The van der Waals surface area contributed by atoms with Gasteiger partial charge in [0.15, 0.2) is 6.61 Å². The van der Waals surface area contributed by atoms with Crippen LogP contribution in [-0.4, -0.2) is 24.0 Å². The van der Waals surface area contributed by atoms with Crippen LogP contribution in [0.2, 0.25) is 0 Å². The Morgan fingerprint density at radius 1 is 1.30 bits per heavy atom. The number of benzene rings is 1. The summed E-state index contributed by atoms with van der Waals surface area (Å²) in [6.07, 6.45) is 2.66. The molecule has 5 heteroatoms. The highest BCUT2D eigenvalue weighted by atomic mass is 32.1. The lowest BCUT2D eigenvalue weighted by Gasteiger charge is -2.07. The van der Waals surface area contributed by atoms with Crippen molar-refractivity contribution in [3.05, 3.63) is 45.9 Å². The first-order valence-corrected chi connectivity index (χ1v) is 7.32. The highest BCUT2D eigenvalue weighted by Crippen LogP contribution is 2.12. The molecule has 1 aromatic heterocycles. The van der Waals surface area contributed by atoms with Crippen LogP contribution in [0.25, 0.3) is 0 Å². The molecule has 0 saturated heterocycles. The number of nitrogens with one attached hydrogen (secondary N) is 1. The number of carbonyl (C=O) groups excluding carboxylic acids is 1. The summed E-state index contributed by atoms with van der Waals surface area (Å²) < 4.78 is 5.41. The molecule has 2 rings (SSSR count). The van der Waals surface area contributed by atoms with Crippen molar-refractivity contribution in [2.24, 2.45) is 0 Å². The first-order chi connectivity index (χ1) is 9.63. The lowest BCUT2D eigenvalue weighted by atomic mass is 10.2. The van der Waals surface area contributed by atoms with Gasteiger partial charge in [0.2, 0.25) is 0 Å². The van der Waals surface area contributed by atoms with Crippen LogP contribution in [0.3, 0.4) is 0 Å². The highest BCUT2D eigenvalue weighted by molar-refractivity contribution is 7.11. The number of thiazole rings is 1. The average molecular weight is 290 g/mol. The minimum Gasteiger partial charge on any atom is -0.484 e. The van der Waals surface area contributed by atoms with Gasteiger partial charge in [0, 0.05) is 24.0 Å². The Labute approximate surface area is 122 Å². The first-order valence-electron chi connectivity index (χ1n) is 6.51. The van der Waals surface area contributed by atoms with Crippen LogP contribution in [0.15, 0.2) is 30.5 Å². The lowest BCUT2D eigenvalue weighted by Crippen LogP contribution is -2.30. The number of rotatable bonds is 6. The number of hydrogen-bond donors (Lipinski definition) is 1. The third-order valence-electron chi connectivity index (χ3n) is 2.75. The quantitative estimate of drug-likeness (QED) is 0.889. The minimum atomic E-state index is -0.105. The molecule has 0 radical (unpaired) electrons. The van der Waals surface area contributed by atoms with Gasteiger partial charge in [-0.25, -0.2) is 4.98 Å². The number of ether oxygens (including phenoxy) is 1. The summed E-state index contributed by atoms with van der Waals surface area (Å²) in [5.74, 6) is 0.607. The maximum Gasteiger partial charge on any atom is 0.257 e. The monoisotopic (exact) mass is 290 g/mol. The van der Waals surface area contributed by atoms with E-state index in [4.69, 9.17) is 4.74 Å². The van der Waals surface area contributed by atoms with Gasteiger partial charge in [0.1, 0.15) is 5.75 Å². The van der Waals surface area contributed by atoms with E-state index in [2.05, 4.69) is 10.3 Å². The van der Waals surface area contributed by atoms with Crippen LogP contribution < -0.4 is 10.1 Å². The Bertz CT molecular complexity index is 564. The smallest absolute Gasteiger partial charge is 0.257 e. The van der Waals surface area contributed by atoms with E-state index in [1.807, 2.05) is 44.3 Å². The molecule has 0 atom stereocenters. The molecular weight excluding hydrogens is 272 g/mol. The van der Waals surface area contributed by atoms with Gasteiger partial charge in [-0.15, -0.1) is 11.3 Å². The normalized spacial score (nSPS) is 10.3. The number of aryl methyl sites for hydroxylation is 2. The third kappa shape index (κ3) is 4.66. The van der Waals surface area contributed by atoms with Crippen molar-refractivity contribution in [1.82, 2.24) is 10.3 Å². The largest absolute Gasteiger partial charge is 0.484 e. The molecule has 0 aliphatic rings. The van der Waals surface area contributed by atoms with E-state index in [0.29, 0.717) is 12.3 Å². The Balaban J connectivity index is 1.66. The average Bonchev–Trinajstić information content (AvgIpc) is 2.84. The van der Waals surface area contributed by atoms with Gasteiger partial charge in [-0.2, -0.15) is 0 Å². The van der Waals surface area contributed by atoms with Crippen LogP contribution in [0.4, 0.5) is 0 Å². The van der Waals surface area contributed by atoms with Crippen molar-refractivity contribution in [2.45, 2.75) is 20.3 Å². The van der Waals surface area contributed by atoms with Gasteiger partial charge in [-0.1, -0.05) is 17.7 Å². The minimum absolute atomic E-state index is 0.0464. The molecule has 20 heavy (non-hydrogen) atoms. The second kappa shape index (κ2) is 7.05. The fraction of sp³-hybridized carbons (Fsp3) is 0.333. The van der Waals surface area contributed by atoms with E-state index in [-0.39, 0.29) is 12.5 Å². The molecule has 1 amide bonds. The second-order valence-electron chi connectivity index (χ2n) is 4.55. The van der Waals surface area contributed by atoms with Crippen LogP contribution in [0, 0.1) is 13.8 Å². The Morgan fingerprint density at radius 2 is 2.05 bits per heavy atom. The van der Waals surface area contributed by atoms with Gasteiger partial charge in [-0.05, 0) is 26.0 Å². The molecule has 0 fully saturated rings. The predicted octanol–water partition coefficient (Wildman–Crippen LogP) is 2.50. The van der Waals surface area contributed by atoms with Crippen molar-refractivity contribution in [2.75, 3.05) is 13.2 Å². The Hall–Kier alpha value is -1.88. The number of hydrogen-bond acceptors (Lipinski definition) is 4. The summed E-state index contributed by atoms with van der Waals surface area (Å²) in [7, 11) is 0. The van der Waals surface area contributed by atoms with E-state index < -0.39 is 0 Å². The molecule has 1 N–H and O–H groups in total. The van der Waals surface area contributed by atoms with E-state index in [0.717, 1.165) is 11.4 Å². The summed E-state index contributed by atoms with van der Waals surface area (Å²) in [6, 6.07) is 7.64. The summed E-state index contributed by atoms with van der Waals surface area (Å²) in [5.41, 5.74) is 1.17. The van der Waals surface area contributed by atoms with Gasteiger partial charge in [0.25, 0.3) is 5.91 Å². The van der Waals surface area contributed by atoms with E-state index in [1.54, 1.807) is 11.3 Å². The van der Waals surface area contributed by atoms with Crippen LogP contribution in [0.5, 0.6) is 5.75 Å². The maximum atomic E-state index is 11.6. The number of carbonyl (C=O) groups is 1. The zero-order valence-electron chi connectivity index (χ0n) is 11.7. The summed E-state index contributed by atoms with van der Waals surface area (Å²) >= 11 is 1.66. The van der Waals surface area contributed by atoms with Crippen molar-refractivity contribution < 1.29 is 9.53 Å². The van der Waals surface area contributed by atoms with Crippen molar-refractivity contribution in [3.8, 4) is 5.75 Å². The topological polar surface area (TPSA) is 51.2 Å². The van der Waals surface area contributed by atoms with Gasteiger partial charge >= 0.3 is 0 Å². The summed E-state index contributed by atoms with van der Waals surface area (Å²) in [4.78, 5) is 17.0. The van der Waals surface area contributed by atoms with Gasteiger partial charge in [-0.3, -0.25) is 4.79 Å². The Morgan fingerprint density at radius 3 is 2.70 bits per heavy atom. The number of nitrogens with zero attached hydrogens (tertiary/aromatic N) is 1. The van der Waals surface area contributed by atoms with Gasteiger partial charge in [0.05, 0.1) is 5.01 Å². The van der Waals surface area contributed by atoms with Gasteiger partial charge < -0.3 is 10.1 Å². The van der Waals surface area contributed by atoms with Crippen LogP contribution >= 0.6 is 11.3 Å². The SMILES string of the molecule is Cc1ccc(OCC(=O)NCCc2cnc(C)s2)cc1. The predicted molar refractivity (Wildman–Crippen MR) is 80.2 cm³/mol. The van der Waals surface area contributed by atoms with Crippen LogP contribution in [-0.2, 0) is 11.2 Å². The van der Waals surface area contributed by atoms with E-state index in [1.165, 1.54) is 10.4 Å². The van der Waals surface area contributed by atoms with Crippen molar-refractivity contribution >= 4 is 17.2 Å². The van der Waals surface area contributed by atoms with Crippen LogP contribution in [0.1, 0.15) is 15.4 Å². The standard InChI is InChI=1S/C15H18N2O2S/c1-11-3-5-13(6-4-11)19-10-15(18)16-8-7-14-9-17-12(2)20-14/h3-6,9H,7-8,10H2,1-2H3,(H,16,18). The summed E-state index contributed by atoms with van der Waals surface area (Å²) in [6.45, 7) is 4.64. The molecule has 1 heterocycles. The summed E-state index contributed by atoms with van der Waals surface area (Å²) in [5, 5.41) is 3.89. The molecule has 0 aliphatic carbocycles. The third-order valence-corrected chi connectivity index (χ3v) is 3.73. The molecular formula is C15H18N2O2S. The zero-order chi connectivity index (χ0) is 14.4. The maximum absolute atomic E-state index is 11.6. The molecule has 0 unspecified atom stereocenters.